The second-order valence-electron chi connectivity index (χ2n) is 1.87. The number of H-pyrrole nitrogens is 1. The van der Waals surface area contributed by atoms with Gasteiger partial charge in [0, 0.05) is 6.92 Å². The normalized spacial score (nSPS) is 8.15. The third-order valence-electron chi connectivity index (χ3n) is 0.944. The summed E-state index contributed by atoms with van der Waals surface area (Å²) < 4.78 is 4.11. The van der Waals surface area contributed by atoms with Crippen molar-refractivity contribution in [2.45, 2.75) is 6.92 Å². The Kier molecular flexibility index (Phi) is 4.85. The number of hydrogen-bond donors (Lipinski definition) is 1. The molecule has 0 fully saturated rings. The van der Waals surface area contributed by atoms with Crippen molar-refractivity contribution in [1.29, 1.82) is 0 Å². The van der Waals surface area contributed by atoms with Crippen molar-refractivity contribution in [3.63, 3.8) is 0 Å². The van der Waals surface area contributed by atoms with Crippen LogP contribution in [0.1, 0.15) is 6.92 Å². The number of imidazole rings is 1. The maximum absolute atomic E-state index is 9.77. The minimum absolute atomic E-state index is 0.218. The van der Waals surface area contributed by atoms with Crippen molar-refractivity contribution < 1.29 is 14.5 Å². The predicted octanol–water partition coefficient (Wildman–Crippen LogP) is 0.497. The molecule has 0 aliphatic rings. The van der Waals surface area contributed by atoms with E-state index in [1.54, 1.807) is 0 Å². The van der Waals surface area contributed by atoms with E-state index in [0.717, 1.165) is 0 Å². The van der Waals surface area contributed by atoms with Gasteiger partial charge in [0.2, 0.25) is 0 Å². The number of aromatic amines is 1. The van der Waals surface area contributed by atoms with E-state index in [2.05, 4.69) is 14.7 Å². The number of methoxy groups -OCH3 is 1. The molecule has 72 valence electrons. The molecule has 0 unspecified atom stereocenters. The predicted molar refractivity (Wildman–Crippen MR) is 42.9 cm³/mol. The second-order valence-corrected chi connectivity index (χ2v) is 1.87. The summed E-state index contributed by atoms with van der Waals surface area (Å²) in [5, 5.41) is 9.77. The summed E-state index contributed by atoms with van der Waals surface area (Å²) in [7, 11) is 1.35. The molecule has 0 amide bonds. The fourth-order valence-corrected chi connectivity index (χ4v) is 0.357. The lowest BCUT2D eigenvalue weighted by atomic mass is 10.8. The van der Waals surface area contributed by atoms with E-state index < -0.39 is 4.92 Å². The highest BCUT2D eigenvalue weighted by Gasteiger charge is 2.01. The van der Waals surface area contributed by atoms with Crippen LogP contribution in [0, 0.1) is 10.1 Å². The van der Waals surface area contributed by atoms with Crippen LogP contribution in [0.2, 0.25) is 0 Å². The third kappa shape index (κ3) is 5.36. The molecule has 0 atom stereocenters. The van der Waals surface area contributed by atoms with E-state index in [4.69, 9.17) is 0 Å². The van der Waals surface area contributed by atoms with Crippen LogP contribution in [0.15, 0.2) is 12.4 Å². The van der Waals surface area contributed by atoms with Crippen molar-refractivity contribution in [1.82, 2.24) is 9.97 Å². The lowest BCUT2D eigenvalue weighted by Crippen LogP contribution is -1.88. The number of carbonyl (C=O) groups is 1. The zero-order valence-corrected chi connectivity index (χ0v) is 7.18. The van der Waals surface area contributed by atoms with Gasteiger partial charge in [0.25, 0.3) is 0 Å². The molecule has 0 aliphatic heterocycles. The molecule has 1 rings (SSSR count). The van der Waals surface area contributed by atoms with E-state index in [-0.39, 0.29) is 11.9 Å². The van der Waals surface area contributed by atoms with Crippen molar-refractivity contribution in [2.75, 3.05) is 7.11 Å². The first-order valence-electron chi connectivity index (χ1n) is 3.26. The Bertz CT molecular complexity index is 269. The van der Waals surface area contributed by atoms with Crippen molar-refractivity contribution in [2.24, 2.45) is 0 Å². The van der Waals surface area contributed by atoms with Crippen LogP contribution >= 0.6 is 0 Å². The number of esters is 1. The van der Waals surface area contributed by atoms with E-state index in [1.165, 1.54) is 26.4 Å². The van der Waals surface area contributed by atoms with Gasteiger partial charge < -0.3 is 14.9 Å². The van der Waals surface area contributed by atoms with Crippen LogP contribution in [-0.2, 0) is 9.53 Å². The standard InChI is InChI=1S/C3H3N3O2.C3H6O2/c7-6(8)3-4-1-2-5-3;1-3(4)5-2/h1-2H,(H,4,5);1-2H3. The van der Waals surface area contributed by atoms with Crippen LogP contribution < -0.4 is 0 Å². The molecule has 0 saturated heterocycles. The van der Waals surface area contributed by atoms with Gasteiger partial charge in [0.15, 0.2) is 0 Å². The molecular formula is C6H9N3O4. The molecule has 1 heterocycles. The Morgan fingerprint density at radius 3 is 2.46 bits per heavy atom. The largest absolute Gasteiger partial charge is 0.469 e. The summed E-state index contributed by atoms with van der Waals surface area (Å²) >= 11 is 0. The molecule has 0 radical (unpaired) electrons. The van der Waals surface area contributed by atoms with Gasteiger partial charge in [-0.05, 0) is 4.92 Å². The molecule has 0 aliphatic carbocycles. The van der Waals surface area contributed by atoms with E-state index >= 15 is 0 Å². The Labute approximate surface area is 73.9 Å². The fraction of sp³-hybridized carbons (Fsp3) is 0.333. The maximum atomic E-state index is 9.77. The summed E-state index contributed by atoms with van der Waals surface area (Å²) in [4.78, 5) is 24.5. The van der Waals surface area contributed by atoms with Gasteiger partial charge in [-0.15, -0.1) is 0 Å². The molecule has 7 nitrogen and oxygen atoms in total. The quantitative estimate of drug-likeness (QED) is 0.392. The van der Waals surface area contributed by atoms with Crippen LogP contribution in [0.4, 0.5) is 5.95 Å². The summed E-state index contributed by atoms with van der Waals surface area (Å²) in [6, 6.07) is 0. The zero-order chi connectivity index (χ0) is 10.3. The van der Waals surface area contributed by atoms with Gasteiger partial charge in [-0.1, -0.05) is 4.98 Å². The first-order chi connectivity index (χ1) is 6.07. The molecule has 13 heavy (non-hydrogen) atoms. The highest BCUT2D eigenvalue weighted by Crippen LogP contribution is 1.96. The smallest absolute Gasteiger partial charge is 0.432 e. The molecule has 7 heteroatoms. The Morgan fingerprint density at radius 2 is 2.31 bits per heavy atom. The number of nitrogens with one attached hydrogen (secondary N) is 1. The minimum atomic E-state index is -0.583. The van der Waals surface area contributed by atoms with E-state index in [1.807, 2.05) is 0 Å². The molecule has 0 spiro atoms. The summed E-state index contributed by atoms with van der Waals surface area (Å²) in [5.41, 5.74) is 0. The molecule has 0 bridgehead atoms. The van der Waals surface area contributed by atoms with Crippen molar-refractivity contribution in [3.05, 3.63) is 22.5 Å². The molecular weight excluding hydrogens is 178 g/mol. The summed E-state index contributed by atoms with van der Waals surface area (Å²) in [5.74, 6) is -0.463. The Morgan fingerprint density at radius 1 is 1.77 bits per heavy atom. The molecule has 1 N–H and O–H groups in total. The lowest BCUT2D eigenvalue weighted by molar-refractivity contribution is -0.393. The molecule has 1 aromatic heterocycles. The first-order valence-corrected chi connectivity index (χ1v) is 3.26. The minimum Gasteiger partial charge on any atom is -0.469 e. The SMILES string of the molecule is COC(C)=O.O=[N+]([O-])c1ncc[nH]1. The number of aromatic nitrogens is 2. The number of nitrogens with zero attached hydrogens (tertiary/aromatic N) is 2. The van der Waals surface area contributed by atoms with Gasteiger partial charge in [0.1, 0.15) is 6.20 Å². The second kappa shape index (κ2) is 5.70. The average Bonchev–Trinajstić information content (AvgIpc) is 2.57. The van der Waals surface area contributed by atoms with E-state index in [9.17, 15) is 14.9 Å². The Balaban J connectivity index is 0.000000252. The van der Waals surface area contributed by atoms with Crippen molar-refractivity contribution in [3.8, 4) is 0 Å². The zero-order valence-electron chi connectivity index (χ0n) is 7.18. The fourth-order valence-electron chi connectivity index (χ4n) is 0.357. The van der Waals surface area contributed by atoms with Crippen molar-refractivity contribution >= 4 is 11.9 Å². The average molecular weight is 187 g/mol. The van der Waals surface area contributed by atoms with Crippen LogP contribution in [0.3, 0.4) is 0 Å². The number of ether oxygens (including phenoxy) is 1. The number of rotatable bonds is 1. The van der Waals surface area contributed by atoms with Gasteiger partial charge in [-0.25, -0.2) is 4.98 Å². The molecule has 0 saturated carbocycles. The van der Waals surface area contributed by atoms with E-state index in [0.29, 0.717) is 0 Å². The molecule has 1 aromatic rings. The highest BCUT2D eigenvalue weighted by molar-refractivity contribution is 5.65. The Hall–Kier alpha value is -1.92. The third-order valence-corrected chi connectivity index (χ3v) is 0.944. The number of hydrogen-bond acceptors (Lipinski definition) is 5. The van der Waals surface area contributed by atoms with Gasteiger partial charge in [0.05, 0.1) is 13.3 Å². The highest BCUT2D eigenvalue weighted by atomic mass is 16.6. The number of carbonyl (C=O) groups excluding carboxylic acids is 1. The topological polar surface area (TPSA) is 98.1 Å². The maximum Gasteiger partial charge on any atom is 0.432 e. The van der Waals surface area contributed by atoms with Gasteiger partial charge in [-0.3, -0.25) is 4.79 Å². The van der Waals surface area contributed by atoms with Crippen LogP contribution in [0.5, 0.6) is 0 Å². The van der Waals surface area contributed by atoms with Crippen LogP contribution in [-0.4, -0.2) is 28.0 Å². The monoisotopic (exact) mass is 187 g/mol. The van der Waals surface area contributed by atoms with Gasteiger partial charge >= 0.3 is 11.9 Å². The summed E-state index contributed by atoms with van der Waals surface area (Å²) in [6.07, 6.45) is 2.73. The first kappa shape index (κ1) is 11.1. The molecule has 0 aromatic carbocycles. The number of nitro groups is 1. The van der Waals surface area contributed by atoms with Gasteiger partial charge in [-0.2, -0.15) is 0 Å². The summed E-state index contributed by atoms with van der Waals surface area (Å²) in [6.45, 7) is 1.36. The lowest BCUT2D eigenvalue weighted by Gasteiger charge is -1.83. The van der Waals surface area contributed by atoms with Crippen LogP contribution in [0.25, 0.3) is 0 Å².